The lowest BCUT2D eigenvalue weighted by atomic mass is 9.95. The first-order chi connectivity index (χ1) is 12.6. The normalized spacial score (nSPS) is 13.7. The predicted octanol–water partition coefficient (Wildman–Crippen LogP) is 2.48. The van der Waals surface area contributed by atoms with Crippen molar-refractivity contribution >= 4 is 22.8 Å². The molecule has 4 N–H and O–H groups in total. The van der Waals surface area contributed by atoms with Crippen LogP contribution < -0.4 is 11.1 Å². The molecular formula is C20H26N2O5. The van der Waals surface area contributed by atoms with E-state index in [4.69, 9.17) is 15.2 Å². The number of nitrogens with two attached hydrogens (primary N) is 1. The van der Waals surface area contributed by atoms with E-state index in [9.17, 15) is 14.7 Å². The van der Waals surface area contributed by atoms with Crippen molar-refractivity contribution in [2.45, 2.75) is 44.9 Å². The molecule has 1 amide bonds. The fourth-order valence-corrected chi connectivity index (χ4v) is 2.79. The monoisotopic (exact) mass is 374 g/mol. The molecule has 0 radical (unpaired) electrons. The smallest absolute Gasteiger partial charge is 0.407 e. The van der Waals surface area contributed by atoms with Crippen LogP contribution in [-0.4, -0.2) is 42.0 Å². The molecule has 0 aliphatic heterocycles. The molecule has 0 aromatic heterocycles. The number of esters is 1. The number of benzene rings is 2. The number of carbonyl (C=O) groups excluding carboxylic acids is 2. The van der Waals surface area contributed by atoms with Gasteiger partial charge in [-0.3, -0.25) is 4.79 Å². The fraction of sp³-hybridized carbons (Fsp3) is 0.400. The fourth-order valence-electron chi connectivity index (χ4n) is 2.79. The molecule has 0 aliphatic carbocycles. The van der Waals surface area contributed by atoms with Gasteiger partial charge in [-0.15, -0.1) is 0 Å². The van der Waals surface area contributed by atoms with Gasteiger partial charge in [-0.2, -0.15) is 0 Å². The summed E-state index contributed by atoms with van der Waals surface area (Å²) in [7, 11) is 1.24. The van der Waals surface area contributed by atoms with Gasteiger partial charge in [0.1, 0.15) is 17.4 Å². The molecule has 0 bridgehead atoms. The Morgan fingerprint density at radius 1 is 1.15 bits per heavy atom. The molecule has 0 saturated heterocycles. The molecule has 0 heterocycles. The summed E-state index contributed by atoms with van der Waals surface area (Å²) in [6.45, 7) is 5.24. The van der Waals surface area contributed by atoms with Crippen LogP contribution in [-0.2, 0) is 20.7 Å². The molecule has 2 aromatic rings. The third-order valence-electron chi connectivity index (χ3n) is 4.04. The first-order valence-electron chi connectivity index (χ1n) is 8.65. The number of nitrogens with one attached hydrogen (secondary N) is 1. The summed E-state index contributed by atoms with van der Waals surface area (Å²) in [5.41, 5.74) is 6.15. The number of aromatic hydroxyl groups is 1. The molecule has 0 spiro atoms. The minimum atomic E-state index is -1.07. The first-order valence-corrected chi connectivity index (χ1v) is 8.65. The number of amides is 1. The van der Waals surface area contributed by atoms with Crippen molar-refractivity contribution in [1.29, 1.82) is 0 Å². The van der Waals surface area contributed by atoms with Crippen LogP contribution in [0.1, 0.15) is 26.3 Å². The number of phenols is 1. The molecule has 0 saturated carbocycles. The Hall–Kier alpha value is -2.80. The lowest BCUT2D eigenvalue weighted by molar-refractivity contribution is -0.142. The third kappa shape index (κ3) is 5.34. The van der Waals surface area contributed by atoms with Crippen LogP contribution in [0.2, 0.25) is 0 Å². The Labute approximate surface area is 158 Å². The number of phenolic OH excluding ortho intramolecular Hbond substituents is 1. The van der Waals surface area contributed by atoms with Crippen molar-refractivity contribution in [3.05, 3.63) is 42.0 Å². The van der Waals surface area contributed by atoms with E-state index in [0.717, 1.165) is 10.9 Å². The summed E-state index contributed by atoms with van der Waals surface area (Å²) in [6.07, 6.45) is -0.411. The van der Waals surface area contributed by atoms with E-state index in [0.29, 0.717) is 5.39 Å². The summed E-state index contributed by atoms with van der Waals surface area (Å²) in [4.78, 5) is 24.2. The quantitative estimate of drug-likeness (QED) is 0.694. The molecule has 7 nitrogen and oxygen atoms in total. The zero-order valence-electron chi connectivity index (χ0n) is 16.0. The van der Waals surface area contributed by atoms with E-state index in [1.807, 2.05) is 18.2 Å². The summed E-state index contributed by atoms with van der Waals surface area (Å²) < 4.78 is 10.0. The summed E-state index contributed by atoms with van der Waals surface area (Å²) >= 11 is 0. The molecule has 27 heavy (non-hydrogen) atoms. The van der Waals surface area contributed by atoms with Crippen LogP contribution >= 0.6 is 0 Å². The van der Waals surface area contributed by atoms with Gasteiger partial charge in [-0.25, -0.2) is 4.79 Å². The van der Waals surface area contributed by atoms with Crippen molar-refractivity contribution in [2.75, 3.05) is 7.11 Å². The number of hydrogen-bond donors (Lipinski definition) is 3. The second-order valence-electron chi connectivity index (χ2n) is 7.30. The van der Waals surface area contributed by atoms with Crippen molar-refractivity contribution in [2.24, 2.45) is 5.73 Å². The van der Waals surface area contributed by atoms with Gasteiger partial charge in [0.2, 0.25) is 0 Å². The molecule has 7 heteroatoms. The molecule has 2 unspecified atom stereocenters. The number of fused-ring (bicyclic) bond motifs is 1. The van der Waals surface area contributed by atoms with Crippen LogP contribution in [0.25, 0.3) is 10.8 Å². The van der Waals surface area contributed by atoms with Gasteiger partial charge < -0.3 is 25.6 Å². The number of hydrogen-bond acceptors (Lipinski definition) is 6. The van der Waals surface area contributed by atoms with Crippen LogP contribution in [0.5, 0.6) is 5.75 Å². The van der Waals surface area contributed by atoms with Crippen molar-refractivity contribution in [1.82, 2.24) is 5.32 Å². The van der Waals surface area contributed by atoms with Crippen molar-refractivity contribution in [3.8, 4) is 5.75 Å². The average molecular weight is 374 g/mol. The van der Waals surface area contributed by atoms with Gasteiger partial charge in [0.25, 0.3) is 0 Å². The van der Waals surface area contributed by atoms with E-state index >= 15 is 0 Å². The standard InChI is InChI=1S/C20H26N2O5/c1-20(2,3)27-19(25)22-15(17(21)18(24)26-4)11-12-9-10-16(23)14-8-6-5-7-13(12)14/h5-10,15,17,23H,11,21H2,1-4H3,(H,22,25). The Morgan fingerprint density at radius 3 is 2.37 bits per heavy atom. The molecule has 0 fully saturated rings. The number of rotatable bonds is 5. The lowest BCUT2D eigenvalue weighted by Gasteiger charge is -2.26. The Bertz CT molecular complexity index is 829. The summed E-state index contributed by atoms with van der Waals surface area (Å²) in [5, 5.41) is 14.2. The second kappa shape index (κ2) is 8.26. The Balaban J connectivity index is 2.33. The lowest BCUT2D eigenvalue weighted by Crippen LogP contribution is -2.54. The SMILES string of the molecule is COC(=O)C(N)C(Cc1ccc(O)c2ccccc12)NC(=O)OC(C)(C)C. The average Bonchev–Trinajstić information content (AvgIpc) is 2.60. The van der Waals surface area contributed by atoms with Gasteiger partial charge >= 0.3 is 12.1 Å². The van der Waals surface area contributed by atoms with E-state index in [1.165, 1.54) is 7.11 Å². The highest BCUT2D eigenvalue weighted by atomic mass is 16.6. The molecule has 0 aliphatic rings. The van der Waals surface area contributed by atoms with E-state index in [1.54, 1.807) is 39.0 Å². The van der Waals surface area contributed by atoms with Crippen molar-refractivity contribution < 1.29 is 24.2 Å². The van der Waals surface area contributed by atoms with Gasteiger partial charge in [-0.1, -0.05) is 30.3 Å². The van der Waals surface area contributed by atoms with Crippen LogP contribution in [0.15, 0.2) is 36.4 Å². The largest absolute Gasteiger partial charge is 0.507 e. The number of alkyl carbamates (subject to hydrolysis) is 1. The minimum absolute atomic E-state index is 0.156. The topological polar surface area (TPSA) is 111 Å². The number of methoxy groups -OCH3 is 1. The maximum Gasteiger partial charge on any atom is 0.407 e. The van der Waals surface area contributed by atoms with Gasteiger partial charge in [0.05, 0.1) is 13.2 Å². The number of ether oxygens (including phenoxy) is 2. The molecule has 146 valence electrons. The van der Waals surface area contributed by atoms with E-state index < -0.39 is 29.7 Å². The van der Waals surface area contributed by atoms with Gasteiger partial charge in [0.15, 0.2) is 0 Å². The highest BCUT2D eigenvalue weighted by Crippen LogP contribution is 2.28. The molecule has 2 atom stereocenters. The highest BCUT2D eigenvalue weighted by molar-refractivity contribution is 5.91. The minimum Gasteiger partial charge on any atom is -0.507 e. The second-order valence-corrected chi connectivity index (χ2v) is 7.30. The summed E-state index contributed by atoms with van der Waals surface area (Å²) in [5.74, 6) is -0.484. The molecule has 2 rings (SSSR count). The molecule has 2 aromatic carbocycles. The summed E-state index contributed by atoms with van der Waals surface area (Å²) in [6, 6.07) is 8.82. The van der Waals surface area contributed by atoms with Crippen molar-refractivity contribution in [3.63, 3.8) is 0 Å². The predicted molar refractivity (Wildman–Crippen MR) is 102 cm³/mol. The Kier molecular flexibility index (Phi) is 6.28. The maximum atomic E-state index is 12.2. The van der Waals surface area contributed by atoms with E-state index in [-0.39, 0.29) is 12.2 Å². The zero-order valence-corrected chi connectivity index (χ0v) is 16.0. The highest BCUT2D eigenvalue weighted by Gasteiger charge is 2.29. The Morgan fingerprint density at radius 2 is 1.78 bits per heavy atom. The van der Waals surface area contributed by atoms with Crippen LogP contribution in [0.3, 0.4) is 0 Å². The number of carbonyl (C=O) groups is 2. The van der Waals surface area contributed by atoms with Crippen LogP contribution in [0, 0.1) is 0 Å². The molecular weight excluding hydrogens is 348 g/mol. The van der Waals surface area contributed by atoms with E-state index in [2.05, 4.69) is 5.32 Å². The van der Waals surface area contributed by atoms with Gasteiger partial charge in [0, 0.05) is 5.39 Å². The van der Waals surface area contributed by atoms with Gasteiger partial charge in [-0.05, 0) is 44.2 Å². The first kappa shape index (κ1) is 20.5. The third-order valence-corrected chi connectivity index (χ3v) is 4.04. The van der Waals surface area contributed by atoms with Crippen LogP contribution in [0.4, 0.5) is 4.79 Å². The maximum absolute atomic E-state index is 12.2. The zero-order chi connectivity index (χ0) is 20.2.